The molecular weight excluding hydrogens is 376 g/mol. The minimum absolute atomic E-state index is 0.120. The number of carbonyl (C=O) groups is 1. The first-order valence-corrected chi connectivity index (χ1v) is 10.3. The van der Waals surface area contributed by atoms with E-state index in [2.05, 4.69) is 61.0 Å². The van der Waals surface area contributed by atoms with E-state index in [1.165, 1.54) is 5.57 Å². The van der Waals surface area contributed by atoms with Gasteiger partial charge in [0.05, 0.1) is 12.3 Å². The molecule has 0 fully saturated rings. The number of aryl methyl sites for hydroxylation is 1. The van der Waals surface area contributed by atoms with Crippen LogP contribution in [0.25, 0.3) is 28.5 Å². The van der Waals surface area contributed by atoms with Crippen LogP contribution in [0.2, 0.25) is 0 Å². The monoisotopic (exact) mass is 404 g/mol. The van der Waals surface area contributed by atoms with E-state index in [-0.39, 0.29) is 6.42 Å². The summed E-state index contributed by atoms with van der Waals surface area (Å²) in [5.41, 5.74) is 3.28. The topological polar surface area (TPSA) is 64.3 Å². The van der Waals surface area contributed by atoms with Crippen molar-refractivity contribution in [3.63, 3.8) is 0 Å². The molecule has 0 unspecified atom stereocenters. The number of nitrogens with zero attached hydrogens (tertiary/aromatic N) is 2. The number of hydrogen-bond donors (Lipinski definition) is 1. The van der Waals surface area contributed by atoms with Gasteiger partial charge in [-0.3, -0.25) is 4.79 Å². The van der Waals surface area contributed by atoms with Gasteiger partial charge in [0.2, 0.25) is 0 Å². The summed E-state index contributed by atoms with van der Waals surface area (Å²) < 4.78 is 7.81. The fraction of sp³-hybridized carbons (Fsp3) is 0.280. The second-order valence-corrected chi connectivity index (χ2v) is 7.19. The minimum Gasteiger partial charge on any atom is -0.494 e. The van der Waals surface area contributed by atoms with Gasteiger partial charge in [-0.05, 0) is 73.4 Å². The second kappa shape index (κ2) is 9.92. The lowest BCUT2D eigenvalue weighted by Crippen LogP contribution is -2.01. The van der Waals surface area contributed by atoms with Gasteiger partial charge in [0.1, 0.15) is 11.6 Å². The largest absolute Gasteiger partial charge is 0.494 e. The minimum atomic E-state index is -0.799. The fourth-order valence-electron chi connectivity index (χ4n) is 3.17. The molecule has 156 valence electrons. The number of aromatic nitrogens is 2. The highest BCUT2D eigenvalue weighted by Crippen LogP contribution is 2.23. The average molecular weight is 405 g/mol. The molecule has 0 amide bonds. The van der Waals surface area contributed by atoms with Crippen LogP contribution in [0.5, 0.6) is 5.75 Å². The van der Waals surface area contributed by atoms with Gasteiger partial charge < -0.3 is 14.4 Å². The summed E-state index contributed by atoms with van der Waals surface area (Å²) in [6.07, 6.45) is 8.92. The molecule has 0 atom stereocenters. The van der Waals surface area contributed by atoms with Crippen LogP contribution in [0, 0.1) is 0 Å². The molecule has 1 N–H and O–H groups in total. The van der Waals surface area contributed by atoms with Crippen LogP contribution in [-0.2, 0) is 11.3 Å². The normalized spacial score (nSPS) is 12.0. The van der Waals surface area contributed by atoms with Gasteiger partial charge >= 0.3 is 5.97 Å². The van der Waals surface area contributed by atoms with Crippen LogP contribution in [0.4, 0.5) is 0 Å². The van der Waals surface area contributed by atoms with Gasteiger partial charge in [-0.2, -0.15) is 0 Å². The molecular formula is C25H28N2O3. The van der Waals surface area contributed by atoms with Crippen molar-refractivity contribution in [2.75, 3.05) is 6.61 Å². The fourth-order valence-corrected chi connectivity index (χ4v) is 3.17. The van der Waals surface area contributed by atoms with Crippen molar-refractivity contribution in [1.29, 1.82) is 0 Å². The zero-order chi connectivity index (χ0) is 21.5. The molecule has 0 aliphatic heterocycles. The quantitative estimate of drug-likeness (QED) is 0.451. The maximum absolute atomic E-state index is 10.6. The van der Waals surface area contributed by atoms with Gasteiger partial charge in [-0.25, -0.2) is 4.98 Å². The summed E-state index contributed by atoms with van der Waals surface area (Å²) in [6, 6.07) is 12.2. The van der Waals surface area contributed by atoms with E-state index >= 15 is 0 Å². The molecule has 0 radical (unpaired) electrons. The van der Waals surface area contributed by atoms with E-state index in [4.69, 9.17) is 14.8 Å². The molecule has 1 heterocycles. The molecule has 0 bridgehead atoms. The van der Waals surface area contributed by atoms with Crippen LogP contribution < -0.4 is 4.74 Å². The van der Waals surface area contributed by atoms with Crippen molar-refractivity contribution < 1.29 is 14.6 Å². The number of aliphatic carboxylic acids is 1. The van der Waals surface area contributed by atoms with Gasteiger partial charge in [0.15, 0.2) is 0 Å². The Hall–Kier alpha value is -3.34. The average Bonchev–Trinajstić information content (AvgIpc) is 3.17. The highest BCUT2D eigenvalue weighted by Gasteiger charge is 2.06. The summed E-state index contributed by atoms with van der Waals surface area (Å²) in [5, 5.41) is 10.9. The number of hydrogen-bond acceptors (Lipinski definition) is 3. The summed E-state index contributed by atoms with van der Waals surface area (Å²) in [4.78, 5) is 15.3. The zero-order valence-electron chi connectivity index (χ0n) is 17.8. The van der Waals surface area contributed by atoms with Crippen molar-refractivity contribution >= 4 is 34.5 Å². The predicted octanol–water partition coefficient (Wildman–Crippen LogP) is 5.89. The van der Waals surface area contributed by atoms with Gasteiger partial charge in [-0.1, -0.05) is 30.4 Å². The van der Waals surface area contributed by atoms with Crippen molar-refractivity contribution in [2.24, 2.45) is 0 Å². The number of fused-ring (bicyclic) bond motifs is 1. The van der Waals surface area contributed by atoms with Crippen LogP contribution in [0.3, 0.4) is 0 Å². The molecule has 5 heteroatoms. The maximum Gasteiger partial charge on any atom is 0.303 e. The maximum atomic E-state index is 10.6. The Morgan fingerprint density at radius 2 is 1.93 bits per heavy atom. The molecule has 3 aromatic rings. The smallest absolute Gasteiger partial charge is 0.303 e. The Bertz CT molecular complexity index is 1090. The first-order valence-electron chi connectivity index (χ1n) is 10.3. The van der Waals surface area contributed by atoms with Crippen molar-refractivity contribution in [3.05, 3.63) is 65.8 Å². The Kier molecular flexibility index (Phi) is 7.07. The molecule has 30 heavy (non-hydrogen) atoms. The molecule has 0 aliphatic rings. The van der Waals surface area contributed by atoms with Crippen molar-refractivity contribution in [1.82, 2.24) is 9.55 Å². The molecule has 3 rings (SSSR count). The number of allylic oxidation sites excluding steroid dienone is 2. The Labute approximate surface area is 177 Å². The summed E-state index contributed by atoms with van der Waals surface area (Å²) >= 11 is 0. The number of rotatable bonds is 9. The molecule has 1 aromatic heterocycles. The lowest BCUT2D eigenvalue weighted by molar-refractivity contribution is -0.137. The second-order valence-electron chi connectivity index (χ2n) is 7.19. The molecule has 0 aliphatic carbocycles. The number of carboxylic acid groups (broad SMARTS) is 1. The third-order valence-corrected chi connectivity index (χ3v) is 5.05. The van der Waals surface area contributed by atoms with Gasteiger partial charge in [0, 0.05) is 19.2 Å². The Morgan fingerprint density at radius 1 is 1.17 bits per heavy atom. The van der Waals surface area contributed by atoms with Crippen LogP contribution in [0.15, 0.2) is 48.7 Å². The van der Waals surface area contributed by atoms with Crippen molar-refractivity contribution in [3.8, 4) is 5.75 Å². The number of carboxylic acids is 1. The lowest BCUT2D eigenvalue weighted by atomic mass is 10.1. The summed E-state index contributed by atoms with van der Waals surface area (Å²) in [5.74, 6) is 0.902. The zero-order valence-corrected chi connectivity index (χ0v) is 17.8. The first kappa shape index (κ1) is 21.4. The third kappa shape index (κ3) is 5.38. The van der Waals surface area contributed by atoms with E-state index in [0.717, 1.165) is 40.1 Å². The number of benzene rings is 2. The molecule has 0 spiro atoms. The van der Waals surface area contributed by atoms with E-state index in [9.17, 15) is 4.79 Å². The highest BCUT2D eigenvalue weighted by molar-refractivity contribution is 5.87. The molecule has 2 aromatic carbocycles. The summed E-state index contributed by atoms with van der Waals surface area (Å²) in [7, 11) is 0. The standard InChI is InChI=1S/C25H28N2O3/c1-4-18(3)23-17-27(5-2)24(26-23)13-9-19-8-10-21-16-22(12-11-20(21)15-19)30-14-6-7-25(28)29/h4,8-13,15-17H,5-7,14H2,1-3H3,(H,28,29)/b13-9+,18-4+. The van der Waals surface area contributed by atoms with Crippen LogP contribution >= 0.6 is 0 Å². The first-order chi connectivity index (χ1) is 14.5. The molecule has 0 saturated carbocycles. The predicted molar refractivity (Wildman–Crippen MR) is 122 cm³/mol. The van der Waals surface area contributed by atoms with Crippen molar-refractivity contribution in [2.45, 2.75) is 40.2 Å². The van der Waals surface area contributed by atoms with Gasteiger partial charge in [0.25, 0.3) is 0 Å². The Balaban J connectivity index is 1.74. The highest BCUT2D eigenvalue weighted by atomic mass is 16.5. The third-order valence-electron chi connectivity index (χ3n) is 5.05. The molecule has 5 nitrogen and oxygen atoms in total. The summed E-state index contributed by atoms with van der Waals surface area (Å²) in [6.45, 7) is 7.49. The van der Waals surface area contributed by atoms with E-state index in [1.54, 1.807) is 0 Å². The SMILES string of the molecule is C/C=C(\C)c1cn(CC)c(/C=C/c2ccc3cc(OCCCC(=O)O)ccc3c2)n1. The Morgan fingerprint density at radius 3 is 2.67 bits per heavy atom. The van der Waals surface area contributed by atoms with Gasteiger partial charge in [-0.15, -0.1) is 0 Å². The number of imidazole rings is 1. The molecule has 0 saturated heterocycles. The number of ether oxygens (including phenoxy) is 1. The van der Waals surface area contributed by atoms with Crippen LogP contribution in [-0.4, -0.2) is 27.2 Å². The lowest BCUT2D eigenvalue weighted by Gasteiger charge is -2.07. The van der Waals surface area contributed by atoms with Crippen LogP contribution in [0.1, 0.15) is 50.7 Å². The van der Waals surface area contributed by atoms with E-state index in [0.29, 0.717) is 13.0 Å². The van der Waals surface area contributed by atoms with E-state index < -0.39 is 5.97 Å². The van der Waals surface area contributed by atoms with E-state index in [1.807, 2.05) is 25.1 Å².